The van der Waals surface area contributed by atoms with Crippen LogP contribution in [0.5, 0.6) is 0 Å². The standard InChI is InChI=1S/C12H22NO2.BrH/c1-6-9-11(4)13(5,10-7-2)15-12(14)8-3;/h6,8,11H,1,3,7,9-10H2,2,4-5H3;1H/q+1;/p-1. The van der Waals surface area contributed by atoms with E-state index in [0.717, 1.165) is 19.4 Å². The Morgan fingerprint density at radius 3 is 2.44 bits per heavy atom. The zero-order valence-electron chi connectivity index (χ0n) is 10.4. The highest BCUT2D eigenvalue weighted by Crippen LogP contribution is 2.16. The fraction of sp³-hybridized carbons (Fsp3) is 0.583. The second-order valence-electron chi connectivity index (χ2n) is 3.89. The number of hydrogen-bond acceptors (Lipinski definition) is 2. The van der Waals surface area contributed by atoms with E-state index in [0.29, 0.717) is 0 Å². The quantitative estimate of drug-likeness (QED) is 0.273. The van der Waals surface area contributed by atoms with E-state index in [1.807, 2.05) is 20.0 Å². The number of quaternary nitrogens is 1. The van der Waals surface area contributed by atoms with Crippen molar-refractivity contribution in [2.75, 3.05) is 13.6 Å². The smallest absolute Gasteiger partial charge is 0.389 e. The van der Waals surface area contributed by atoms with Crippen LogP contribution in [0, 0.1) is 0 Å². The SMILES string of the molecule is C=CCC(C)[N+](C)(CCC)OC(=O)C=C.[Br-]. The molecule has 0 saturated heterocycles. The molecule has 4 heteroatoms. The molecule has 94 valence electrons. The molecule has 0 spiro atoms. The van der Waals surface area contributed by atoms with Gasteiger partial charge in [0, 0.05) is 12.5 Å². The highest BCUT2D eigenvalue weighted by Gasteiger charge is 2.32. The van der Waals surface area contributed by atoms with E-state index >= 15 is 0 Å². The van der Waals surface area contributed by atoms with Crippen molar-refractivity contribution in [3.63, 3.8) is 0 Å². The Labute approximate surface area is 109 Å². The molecule has 0 saturated carbocycles. The molecule has 0 N–H and O–H groups in total. The van der Waals surface area contributed by atoms with Crippen molar-refractivity contribution in [1.82, 2.24) is 0 Å². The van der Waals surface area contributed by atoms with Crippen LogP contribution in [0.4, 0.5) is 0 Å². The maximum Gasteiger partial charge on any atom is 0.389 e. The molecule has 0 aliphatic heterocycles. The predicted octanol–water partition coefficient (Wildman–Crippen LogP) is -0.544. The minimum absolute atomic E-state index is 0. The summed E-state index contributed by atoms with van der Waals surface area (Å²) < 4.78 is 0.285. The summed E-state index contributed by atoms with van der Waals surface area (Å²) in [6.07, 6.45) is 4.83. The van der Waals surface area contributed by atoms with Crippen LogP contribution in [0.25, 0.3) is 0 Å². The van der Waals surface area contributed by atoms with Crippen LogP contribution in [0.2, 0.25) is 0 Å². The lowest BCUT2D eigenvalue weighted by Crippen LogP contribution is -3.00. The molecule has 16 heavy (non-hydrogen) atoms. The first kappa shape index (κ1) is 17.8. The van der Waals surface area contributed by atoms with Gasteiger partial charge in [-0.25, -0.2) is 4.79 Å². The van der Waals surface area contributed by atoms with E-state index in [1.54, 1.807) is 0 Å². The fourth-order valence-electron chi connectivity index (χ4n) is 1.51. The first-order valence-electron chi connectivity index (χ1n) is 5.32. The van der Waals surface area contributed by atoms with Gasteiger partial charge >= 0.3 is 5.97 Å². The van der Waals surface area contributed by atoms with Crippen LogP contribution in [0.3, 0.4) is 0 Å². The van der Waals surface area contributed by atoms with Gasteiger partial charge in [0.15, 0.2) is 0 Å². The van der Waals surface area contributed by atoms with E-state index in [9.17, 15) is 4.79 Å². The maximum absolute atomic E-state index is 11.2. The lowest BCUT2D eigenvalue weighted by atomic mass is 10.2. The van der Waals surface area contributed by atoms with Gasteiger partial charge in [0.2, 0.25) is 0 Å². The van der Waals surface area contributed by atoms with Crippen LogP contribution < -0.4 is 17.0 Å². The van der Waals surface area contributed by atoms with Gasteiger partial charge in [-0.2, -0.15) is 0 Å². The summed E-state index contributed by atoms with van der Waals surface area (Å²) in [4.78, 5) is 16.6. The number of hydroxylamine groups is 3. The normalized spacial score (nSPS) is 15.2. The number of rotatable bonds is 7. The molecule has 0 aromatic rings. The van der Waals surface area contributed by atoms with Gasteiger partial charge in [0.05, 0.1) is 0 Å². The minimum atomic E-state index is -0.373. The van der Waals surface area contributed by atoms with Crippen molar-refractivity contribution >= 4 is 5.97 Å². The number of carbonyl (C=O) groups is 1. The summed E-state index contributed by atoms with van der Waals surface area (Å²) in [5.74, 6) is -0.373. The molecule has 0 amide bonds. The Balaban J connectivity index is 0. The molecule has 0 rings (SSSR count). The largest absolute Gasteiger partial charge is 1.00 e. The van der Waals surface area contributed by atoms with Crippen molar-refractivity contribution in [3.8, 4) is 0 Å². The topological polar surface area (TPSA) is 26.3 Å². The summed E-state index contributed by atoms with van der Waals surface area (Å²) in [7, 11) is 1.92. The van der Waals surface area contributed by atoms with E-state index in [4.69, 9.17) is 4.84 Å². The van der Waals surface area contributed by atoms with Gasteiger partial charge in [-0.15, -0.1) is 11.2 Å². The molecule has 0 fully saturated rings. The molecule has 0 aromatic carbocycles. The van der Waals surface area contributed by atoms with Crippen molar-refractivity contribution in [3.05, 3.63) is 25.3 Å². The third kappa shape index (κ3) is 5.47. The van der Waals surface area contributed by atoms with Crippen LogP contribution >= 0.6 is 0 Å². The molecule has 0 aliphatic rings. The van der Waals surface area contributed by atoms with Crippen LogP contribution in [-0.4, -0.2) is 30.2 Å². The van der Waals surface area contributed by atoms with Crippen LogP contribution in [-0.2, 0) is 9.63 Å². The van der Waals surface area contributed by atoms with E-state index in [2.05, 4.69) is 20.1 Å². The third-order valence-electron chi connectivity index (χ3n) is 2.57. The molecule has 3 nitrogen and oxygen atoms in total. The Morgan fingerprint density at radius 2 is 2.06 bits per heavy atom. The Morgan fingerprint density at radius 1 is 1.50 bits per heavy atom. The first-order chi connectivity index (χ1) is 7.00. The number of hydrogen-bond donors (Lipinski definition) is 0. The van der Waals surface area contributed by atoms with Crippen molar-refractivity contribution in [2.24, 2.45) is 0 Å². The van der Waals surface area contributed by atoms with Gasteiger partial charge in [0.1, 0.15) is 19.6 Å². The second kappa shape index (κ2) is 8.53. The second-order valence-corrected chi connectivity index (χ2v) is 3.89. The summed E-state index contributed by atoms with van der Waals surface area (Å²) in [5.41, 5.74) is 0. The van der Waals surface area contributed by atoms with Gasteiger partial charge in [-0.05, 0) is 13.3 Å². The Hall–Kier alpha value is -0.610. The fourth-order valence-corrected chi connectivity index (χ4v) is 1.51. The average Bonchev–Trinajstić information content (AvgIpc) is 2.18. The lowest BCUT2D eigenvalue weighted by Gasteiger charge is -2.35. The molecule has 0 aromatic heterocycles. The molecular formula is C12H22BrNO2. The summed E-state index contributed by atoms with van der Waals surface area (Å²) >= 11 is 0. The average molecular weight is 292 g/mol. The number of carbonyl (C=O) groups excluding carboxylic acids is 1. The molecule has 0 bridgehead atoms. The Bertz CT molecular complexity index is 243. The predicted molar refractivity (Wildman–Crippen MR) is 61.9 cm³/mol. The third-order valence-corrected chi connectivity index (χ3v) is 2.57. The first-order valence-corrected chi connectivity index (χ1v) is 5.32. The van der Waals surface area contributed by atoms with Gasteiger partial charge in [-0.1, -0.05) is 19.6 Å². The van der Waals surface area contributed by atoms with E-state index in [-0.39, 0.29) is 33.6 Å². The molecular weight excluding hydrogens is 270 g/mol. The van der Waals surface area contributed by atoms with Gasteiger partial charge in [0.25, 0.3) is 0 Å². The zero-order valence-corrected chi connectivity index (χ0v) is 12.0. The van der Waals surface area contributed by atoms with E-state index in [1.165, 1.54) is 6.08 Å². The van der Waals surface area contributed by atoms with Gasteiger partial charge < -0.3 is 17.0 Å². The lowest BCUT2D eigenvalue weighted by molar-refractivity contribution is -1.09. The van der Waals surface area contributed by atoms with Crippen molar-refractivity contribution < 1.29 is 31.3 Å². The van der Waals surface area contributed by atoms with Gasteiger partial charge in [-0.3, -0.25) is 4.84 Å². The number of halogens is 1. The number of nitrogens with zero attached hydrogens (tertiary/aromatic N) is 1. The molecule has 0 heterocycles. The maximum atomic E-state index is 11.2. The van der Waals surface area contributed by atoms with Crippen molar-refractivity contribution in [2.45, 2.75) is 32.7 Å². The van der Waals surface area contributed by atoms with Crippen molar-refractivity contribution in [1.29, 1.82) is 0 Å². The highest BCUT2D eigenvalue weighted by molar-refractivity contribution is 5.80. The summed E-state index contributed by atoms with van der Waals surface area (Å²) in [6.45, 7) is 12.0. The summed E-state index contributed by atoms with van der Waals surface area (Å²) in [6, 6.07) is 0.214. The Kier molecular flexibility index (Phi) is 9.48. The monoisotopic (exact) mass is 291 g/mol. The minimum Gasteiger partial charge on any atom is -1.00 e. The highest BCUT2D eigenvalue weighted by atomic mass is 79.9. The summed E-state index contributed by atoms with van der Waals surface area (Å²) in [5, 5.41) is 0. The zero-order chi connectivity index (χ0) is 11.9. The van der Waals surface area contributed by atoms with E-state index < -0.39 is 0 Å². The molecule has 2 unspecified atom stereocenters. The molecule has 0 aliphatic carbocycles. The molecule has 2 atom stereocenters. The van der Waals surface area contributed by atoms with Crippen LogP contribution in [0.15, 0.2) is 25.3 Å². The molecule has 0 radical (unpaired) electrons. The van der Waals surface area contributed by atoms with Crippen LogP contribution in [0.1, 0.15) is 26.7 Å².